The van der Waals surface area contributed by atoms with Crippen molar-refractivity contribution in [1.82, 2.24) is 9.80 Å². The van der Waals surface area contributed by atoms with Gasteiger partial charge in [0.1, 0.15) is 0 Å². The first kappa shape index (κ1) is 19.1. The van der Waals surface area contributed by atoms with Crippen molar-refractivity contribution in [1.29, 1.82) is 0 Å². The molecular weight excluding hydrogens is 356 g/mol. The minimum atomic E-state index is -0.515. The maximum absolute atomic E-state index is 12.7. The fourth-order valence-corrected chi connectivity index (χ4v) is 3.80. The predicted octanol–water partition coefficient (Wildman–Crippen LogP) is 1.98. The Hall–Kier alpha value is -1.63. The lowest BCUT2D eigenvalue weighted by atomic mass is 10.1. The van der Waals surface area contributed by atoms with Crippen LogP contribution in [0.5, 0.6) is 0 Å². The Morgan fingerprint density at radius 3 is 2.85 bits per heavy atom. The molecule has 0 saturated carbocycles. The van der Waals surface area contributed by atoms with E-state index in [1.54, 1.807) is 24.1 Å². The van der Waals surface area contributed by atoms with Gasteiger partial charge in [-0.05, 0) is 37.0 Å². The van der Waals surface area contributed by atoms with Crippen LogP contribution in [-0.4, -0.2) is 74.2 Å². The van der Waals surface area contributed by atoms with E-state index in [4.69, 9.17) is 21.1 Å². The van der Waals surface area contributed by atoms with Gasteiger partial charge in [0.25, 0.3) is 11.8 Å². The number of carbonyl (C=O) groups is 2. The molecule has 2 aliphatic rings. The Bertz CT molecular complexity index is 676. The summed E-state index contributed by atoms with van der Waals surface area (Å²) >= 11 is 6.22. The van der Waals surface area contributed by atoms with Crippen LogP contribution in [0.4, 0.5) is 0 Å². The van der Waals surface area contributed by atoms with E-state index in [0.29, 0.717) is 50.0 Å². The summed E-state index contributed by atoms with van der Waals surface area (Å²) in [6.07, 6.45) is 0.355. The molecule has 2 fully saturated rings. The van der Waals surface area contributed by atoms with Gasteiger partial charge >= 0.3 is 0 Å². The Kier molecular flexibility index (Phi) is 6.16. The molecule has 3 rings (SSSR count). The van der Waals surface area contributed by atoms with E-state index in [1.165, 1.54) is 0 Å². The molecule has 0 aromatic heterocycles. The molecule has 26 heavy (non-hydrogen) atoms. The molecule has 1 aromatic rings. The fourth-order valence-electron chi connectivity index (χ4n) is 3.48. The zero-order valence-corrected chi connectivity index (χ0v) is 16.0. The standard InChI is InChI=1S/C19H25ClN2O4/c1-13-3-4-15(16(20)9-13)18(23)22-6-5-14(11-22)10-21(2)19(24)17-12-25-7-8-26-17/h3-4,9,14,17H,5-8,10-12H2,1-2H3. The average molecular weight is 381 g/mol. The molecule has 2 saturated heterocycles. The highest BCUT2D eigenvalue weighted by molar-refractivity contribution is 6.33. The Labute approximate surface area is 159 Å². The Morgan fingerprint density at radius 1 is 1.35 bits per heavy atom. The molecule has 1 aromatic carbocycles. The SMILES string of the molecule is Cc1ccc(C(=O)N2CCC(CN(C)C(=O)C3COCCO3)C2)c(Cl)c1. The number of amides is 2. The van der Waals surface area contributed by atoms with Crippen LogP contribution in [0, 0.1) is 12.8 Å². The van der Waals surface area contributed by atoms with Crippen LogP contribution in [0.25, 0.3) is 0 Å². The molecule has 2 amide bonds. The summed E-state index contributed by atoms with van der Waals surface area (Å²) in [5, 5.41) is 0.486. The van der Waals surface area contributed by atoms with Gasteiger partial charge in [-0.1, -0.05) is 17.7 Å². The molecule has 0 aliphatic carbocycles. The first-order valence-electron chi connectivity index (χ1n) is 8.95. The molecule has 0 spiro atoms. The number of carbonyl (C=O) groups excluding carboxylic acids is 2. The molecule has 0 bridgehead atoms. The van der Waals surface area contributed by atoms with Gasteiger partial charge in [-0.3, -0.25) is 9.59 Å². The number of ether oxygens (including phenoxy) is 2. The van der Waals surface area contributed by atoms with Crippen LogP contribution in [0.3, 0.4) is 0 Å². The lowest BCUT2D eigenvalue weighted by Crippen LogP contribution is -2.45. The van der Waals surface area contributed by atoms with Crippen LogP contribution in [0.2, 0.25) is 5.02 Å². The van der Waals surface area contributed by atoms with Gasteiger partial charge in [-0.2, -0.15) is 0 Å². The predicted molar refractivity (Wildman–Crippen MR) is 98.4 cm³/mol. The lowest BCUT2D eigenvalue weighted by molar-refractivity contribution is -0.157. The maximum atomic E-state index is 12.7. The molecule has 0 N–H and O–H groups in total. The number of likely N-dealkylation sites (tertiary alicyclic amines) is 1. The van der Waals surface area contributed by atoms with Gasteiger partial charge in [0.05, 0.1) is 30.4 Å². The van der Waals surface area contributed by atoms with Crippen molar-refractivity contribution < 1.29 is 19.1 Å². The first-order chi connectivity index (χ1) is 12.5. The summed E-state index contributed by atoms with van der Waals surface area (Å²) in [7, 11) is 1.78. The third-order valence-corrected chi connectivity index (χ3v) is 5.24. The summed E-state index contributed by atoms with van der Waals surface area (Å²) in [6, 6.07) is 5.48. The molecule has 142 valence electrons. The zero-order chi connectivity index (χ0) is 18.7. The second-order valence-electron chi connectivity index (χ2n) is 7.04. The number of rotatable bonds is 4. The molecule has 2 atom stereocenters. The number of likely N-dealkylation sites (N-methyl/N-ethyl adjacent to an activating group) is 1. The van der Waals surface area contributed by atoms with Crippen molar-refractivity contribution in [2.24, 2.45) is 5.92 Å². The minimum Gasteiger partial charge on any atom is -0.376 e. The molecule has 2 aliphatic heterocycles. The minimum absolute atomic E-state index is 0.0458. The molecular formula is C19H25ClN2O4. The van der Waals surface area contributed by atoms with Crippen molar-refractivity contribution in [3.05, 3.63) is 34.3 Å². The normalized spacial score (nSPS) is 23.1. The number of halogens is 1. The first-order valence-corrected chi connectivity index (χ1v) is 9.33. The number of hydrogen-bond acceptors (Lipinski definition) is 4. The largest absolute Gasteiger partial charge is 0.376 e. The van der Waals surface area contributed by atoms with E-state index in [2.05, 4.69) is 0 Å². The van der Waals surface area contributed by atoms with Crippen LogP contribution in [0.15, 0.2) is 18.2 Å². The summed E-state index contributed by atoms with van der Waals surface area (Å²) in [4.78, 5) is 28.6. The summed E-state index contributed by atoms with van der Waals surface area (Å²) in [5.41, 5.74) is 1.56. The number of nitrogens with zero attached hydrogens (tertiary/aromatic N) is 2. The highest BCUT2D eigenvalue weighted by Gasteiger charge is 2.31. The van der Waals surface area contributed by atoms with Crippen molar-refractivity contribution in [2.45, 2.75) is 19.4 Å². The monoisotopic (exact) mass is 380 g/mol. The van der Waals surface area contributed by atoms with Gasteiger partial charge in [0.2, 0.25) is 0 Å². The van der Waals surface area contributed by atoms with E-state index in [1.807, 2.05) is 17.9 Å². The van der Waals surface area contributed by atoms with Crippen molar-refractivity contribution in [2.75, 3.05) is 46.5 Å². The number of hydrogen-bond donors (Lipinski definition) is 0. The summed E-state index contributed by atoms with van der Waals surface area (Å²) in [5.74, 6) is 0.146. The van der Waals surface area contributed by atoms with Crippen LogP contribution < -0.4 is 0 Å². The second kappa shape index (κ2) is 8.37. The van der Waals surface area contributed by atoms with Crippen LogP contribution >= 0.6 is 11.6 Å². The highest BCUT2D eigenvalue weighted by Crippen LogP contribution is 2.24. The molecule has 7 heteroatoms. The average Bonchev–Trinajstić information content (AvgIpc) is 3.09. The zero-order valence-electron chi connectivity index (χ0n) is 15.2. The van der Waals surface area contributed by atoms with Crippen molar-refractivity contribution in [3.8, 4) is 0 Å². The van der Waals surface area contributed by atoms with E-state index in [-0.39, 0.29) is 17.7 Å². The topological polar surface area (TPSA) is 59.1 Å². The molecule has 0 radical (unpaired) electrons. The highest BCUT2D eigenvalue weighted by atomic mass is 35.5. The summed E-state index contributed by atoms with van der Waals surface area (Å²) < 4.78 is 10.8. The van der Waals surface area contributed by atoms with Gasteiger partial charge in [-0.25, -0.2) is 0 Å². The Morgan fingerprint density at radius 2 is 2.15 bits per heavy atom. The third kappa shape index (κ3) is 4.37. The lowest BCUT2D eigenvalue weighted by Gasteiger charge is -2.28. The van der Waals surface area contributed by atoms with Crippen molar-refractivity contribution >= 4 is 23.4 Å². The molecule has 2 unspecified atom stereocenters. The quantitative estimate of drug-likeness (QED) is 0.801. The van der Waals surface area contributed by atoms with E-state index >= 15 is 0 Å². The van der Waals surface area contributed by atoms with Gasteiger partial charge in [0, 0.05) is 26.7 Å². The van der Waals surface area contributed by atoms with Crippen LogP contribution in [0.1, 0.15) is 22.3 Å². The smallest absolute Gasteiger partial charge is 0.255 e. The number of aryl methyl sites for hydroxylation is 1. The molecule has 2 heterocycles. The molecule has 6 nitrogen and oxygen atoms in total. The maximum Gasteiger partial charge on any atom is 0.255 e. The van der Waals surface area contributed by atoms with Gasteiger partial charge < -0.3 is 19.3 Å². The number of benzene rings is 1. The van der Waals surface area contributed by atoms with Gasteiger partial charge in [0.15, 0.2) is 6.10 Å². The summed E-state index contributed by atoms with van der Waals surface area (Å²) in [6.45, 7) is 5.15. The fraction of sp³-hybridized carbons (Fsp3) is 0.579. The van der Waals surface area contributed by atoms with Gasteiger partial charge in [-0.15, -0.1) is 0 Å². The van der Waals surface area contributed by atoms with E-state index in [0.717, 1.165) is 12.0 Å². The Balaban J connectivity index is 1.54. The second-order valence-corrected chi connectivity index (χ2v) is 7.45. The van der Waals surface area contributed by atoms with Crippen molar-refractivity contribution in [3.63, 3.8) is 0 Å². The van der Waals surface area contributed by atoms with E-state index < -0.39 is 6.10 Å². The third-order valence-electron chi connectivity index (χ3n) is 4.93. The van der Waals surface area contributed by atoms with E-state index in [9.17, 15) is 9.59 Å². The van der Waals surface area contributed by atoms with Crippen LogP contribution in [-0.2, 0) is 14.3 Å².